The summed E-state index contributed by atoms with van der Waals surface area (Å²) < 4.78 is 5.43. The number of nitrogens with zero attached hydrogens (tertiary/aromatic N) is 1. The number of likely N-dealkylation sites (tertiary alicyclic amines) is 1. The third kappa shape index (κ3) is 3.08. The highest BCUT2D eigenvalue weighted by molar-refractivity contribution is 6.30. The van der Waals surface area contributed by atoms with Crippen molar-refractivity contribution in [3.8, 4) is 11.1 Å². The Morgan fingerprint density at radius 2 is 1.83 bits per heavy atom. The lowest BCUT2D eigenvalue weighted by molar-refractivity contribution is -0.132. The monoisotopic (exact) mass is 404 g/mol. The van der Waals surface area contributed by atoms with Crippen LogP contribution in [0.2, 0.25) is 5.02 Å². The standard InChI is InChI=1S/C24H21ClN2O2/c25-20-7-2-5-17(13-20)16-4-1-6-19(12-16)24(18-9-10-18)14-22(26)27(23(24)28)15-21-8-3-11-29-21/h1-8,11-13,18,26H,9-10,14-15H2. The Hall–Kier alpha value is -2.85. The molecule has 1 aromatic heterocycles. The molecule has 3 aromatic rings. The van der Waals surface area contributed by atoms with Crippen molar-refractivity contribution in [2.45, 2.75) is 31.2 Å². The number of halogens is 1. The van der Waals surface area contributed by atoms with Crippen LogP contribution in [0.5, 0.6) is 0 Å². The molecule has 1 atom stereocenters. The molecule has 1 unspecified atom stereocenters. The highest BCUT2D eigenvalue weighted by Crippen LogP contribution is 2.54. The summed E-state index contributed by atoms with van der Waals surface area (Å²) in [5.41, 5.74) is 2.40. The molecule has 29 heavy (non-hydrogen) atoms. The first-order valence-electron chi connectivity index (χ1n) is 9.86. The number of hydrogen-bond acceptors (Lipinski definition) is 3. The van der Waals surface area contributed by atoms with Crippen molar-refractivity contribution in [2.75, 3.05) is 0 Å². The fraction of sp³-hybridized carbons (Fsp3) is 0.250. The van der Waals surface area contributed by atoms with Gasteiger partial charge >= 0.3 is 0 Å². The summed E-state index contributed by atoms with van der Waals surface area (Å²) in [4.78, 5) is 15.3. The van der Waals surface area contributed by atoms with E-state index in [4.69, 9.17) is 21.4 Å². The molecule has 1 saturated carbocycles. The summed E-state index contributed by atoms with van der Waals surface area (Å²) in [6, 6.07) is 19.6. The maximum absolute atomic E-state index is 13.7. The largest absolute Gasteiger partial charge is 0.467 e. The van der Waals surface area contributed by atoms with Crippen LogP contribution in [0.3, 0.4) is 0 Å². The van der Waals surface area contributed by atoms with E-state index in [1.807, 2.05) is 54.6 Å². The molecule has 1 aliphatic heterocycles. The Labute approximate surface area is 174 Å². The van der Waals surface area contributed by atoms with Gasteiger partial charge in [-0.25, -0.2) is 0 Å². The van der Waals surface area contributed by atoms with Gasteiger partial charge in [0, 0.05) is 11.4 Å². The minimum atomic E-state index is -0.655. The predicted molar refractivity (Wildman–Crippen MR) is 113 cm³/mol. The number of hydrogen-bond donors (Lipinski definition) is 1. The average molecular weight is 405 g/mol. The molecule has 5 rings (SSSR count). The van der Waals surface area contributed by atoms with Gasteiger partial charge in [-0.1, -0.05) is 48.0 Å². The molecule has 146 valence electrons. The van der Waals surface area contributed by atoms with Gasteiger partial charge in [0.05, 0.1) is 18.2 Å². The van der Waals surface area contributed by atoms with Crippen LogP contribution in [0.25, 0.3) is 11.1 Å². The molecule has 0 spiro atoms. The number of benzene rings is 2. The van der Waals surface area contributed by atoms with Crippen molar-refractivity contribution in [2.24, 2.45) is 5.92 Å². The van der Waals surface area contributed by atoms with Gasteiger partial charge < -0.3 is 4.42 Å². The van der Waals surface area contributed by atoms with Crippen LogP contribution >= 0.6 is 11.6 Å². The Bertz CT molecular complexity index is 1090. The zero-order valence-corrected chi connectivity index (χ0v) is 16.7. The zero-order chi connectivity index (χ0) is 20.0. The minimum Gasteiger partial charge on any atom is -0.467 e. The molecular weight excluding hydrogens is 384 g/mol. The summed E-state index contributed by atoms with van der Waals surface area (Å²) in [5.74, 6) is 1.37. The number of amides is 1. The van der Waals surface area contributed by atoms with Gasteiger partial charge in [0.15, 0.2) is 0 Å². The van der Waals surface area contributed by atoms with Gasteiger partial charge in [0.1, 0.15) is 11.6 Å². The molecule has 1 aliphatic carbocycles. The second-order valence-corrected chi connectivity index (χ2v) is 8.37. The van der Waals surface area contributed by atoms with E-state index < -0.39 is 5.41 Å². The summed E-state index contributed by atoms with van der Waals surface area (Å²) >= 11 is 6.18. The maximum atomic E-state index is 13.7. The van der Waals surface area contributed by atoms with Gasteiger partial charge in [0.25, 0.3) is 0 Å². The summed E-state index contributed by atoms with van der Waals surface area (Å²) in [5, 5.41) is 9.24. The van der Waals surface area contributed by atoms with E-state index >= 15 is 0 Å². The molecule has 1 N–H and O–H groups in total. The number of carbonyl (C=O) groups excluding carboxylic acids is 1. The van der Waals surface area contributed by atoms with Gasteiger partial charge in [-0.05, 0) is 59.7 Å². The van der Waals surface area contributed by atoms with Crippen molar-refractivity contribution >= 4 is 23.3 Å². The van der Waals surface area contributed by atoms with Crippen LogP contribution in [-0.4, -0.2) is 16.6 Å². The van der Waals surface area contributed by atoms with Crippen LogP contribution < -0.4 is 0 Å². The molecule has 1 saturated heterocycles. The van der Waals surface area contributed by atoms with Crippen LogP contribution in [0.4, 0.5) is 0 Å². The van der Waals surface area contributed by atoms with Crippen LogP contribution in [-0.2, 0) is 16.8 Å². The van der Waals surface area contributed by atoms with Crippen molar-refractivity contribution in [3.05, 3.63) is 83.3 Å². The highest BCUT2D eigenvalue weighted by atomic mass is 35.5. The number of furan rings is 1. The summed E-state index contributed by atoms with van der Waals surface area (Å²) in [7, 11) is 0. The molecule has 4 nitrogen and oxygen atoms in total. The Morgan fingerprint density at radius 1 is 1.07 bits per heavy atom. The fourth-order valence-electron chi connectivity index (χ4n) is 4.52. The molecule has 5 heteroatoms. The van der Waals surface area contributed by atoms with E-state index in [1.54, 1.807) is 11.2 Å². The van der Waals surface area contributed by atoms with Crippen molar-refractivity contribution in [1.29, 1.82) is 5.41 Å². The van der Waals surface area contributed by atoms with E-state index in [2.05, 4.69) is 6.07 Å². The fourth-order valence-corrected chi connectivity index (χ4v) is 4.72. The molecule has 2 heterocycles. The third-order valence-corrected chi connectivity index (χ3v) is 6.34. The molecule has 1 amide bonds. The van der Waals surface area contributed by atoms with Gasteiger partial charge in [-0.2, -0.15) is 0 Å². The van der Waals surface area contributed by atoms with E-state index in [1.165, 1.54) is 0 Å². The first kappa shape index (κ1) is 18.2. The topological polar surface area (TPSA) is 57.3 Å². The average Bonchev–Trinajstić information content (AvgIpc) is 3.39. The molecule has 2 fully saturated rings. The molecule has 2 aliphatic rings. The molecule has 2 aromatic carbocycles. The Balaban J connectivity index is 1.55. The SMILES string of the molecule is N=C1CC(c2cccc(-c3cccc(Cl)c3)c2)(C2CC2)C(=O)N1Cc1ccco1. The predicted octanol–water partition coefficient (Wildman–Crippen LogP) is 5.66. The number of nitrogens with one attached hydrogen (secondary N) is 1. The molecule has 0 bridgehead atoms. The first-order chi connectivity index (χ1) is 14.1. The van der Waals surface area contributed by atoms with Gasteiger partial charge in [0.2, 0.25) is 5.91 Å². The smallest absolute Gasteiger partial charge is 0.239 e. The van der Waals surface area contributed by atoms with Crippen LogP contribution in [0.1, 0.15) is 30.6 Å². The lowest BCUT2D eigenvalue weighted by Crippen LogP contribution is -2.39. The summed E-state index contributed by atoms with van der Waals surface area (Å²) in [6.45, 7) is 0.313. The normalized spacial score (nSPS) is 21.8. The Morgan fingerprint density at radius 3 is 2.52 bits per heavy atom. The quantitative estimate of drug-likeness (QED) is 0.596. The van der Waals surface area contributed by atoms with Gasteiger partial charge in [-0.15, -0.1) is 0 Å². The highest BCUT2D eigenvalue weighted by Gasteiger charge is 2.58. The molecule has 0 radical (unpaired) electrons. The van der Waals surface area contributed by atoms with Crippen molar-refractivity contribution in [3.63, 3.8) is 0 Å². The Kier molecular flexibility index (Phi) is 4.32. The lowest BCUT2D eigenvalue weighted by atomic mass is 9.74. The zero-order valence-electron chi connectivity index (χ0n) is 15.9. The second kappa shape index (κ2) is 6.89. The molecular formula is C24H21ClN2O2. The van der Waals surface area contributed by atoms with E-state index in [9.17, 15) is 4.79 Å². The minimum absolute atomic E-state index is 0.0182. The van der Waals surface area contributed by atoms with Crippen molar-refractivity contribution in [1.82, 2.24) is 4.90 Å². The number of rotatable bonds is 5. The van der Waals surface area contributed by atoms with Crippen molar-refractivity contribution < 1.29 is 9.21 Å². The maximum Gasteiger partial charge on any atom is 0.239 e. The van der Waals surface area contributed by atoms with E-state index in [-0.39, 0.29) is 11.8 Å². The van der Waals surface area contributed by atoms with Crippen LogP contribution in [0, 0.1) is 11.3 Å². The number of carbonyl (C=O) groups is 1. The van der Waals surface area contributed by atoms with E-state index in [0.717, 1.165) is 29.5 Å². The summed E-state index contributed by atoms with van der Waals surface area (Å²) in [6.07, 6.45) is 4.09. The number of amidine groups is 1. The van der Waals surface area contributed by atoms with Crippen LogP contribution in [0.15, 0.2) is 71.3 Å². The van der Waals surface area contributed by atoms with E-state index in [0.29, 0.717) is 29.6 Å². The third-order valence-electron chi connectivity index (χ3n) is 6.10. The second-order valence-electron chi connectivity index (χ2n) is 7.93. The first-order valence-corrected chi connectivity index (χ1v) is 10.2. The van der Waals surface area contributed by atoms with Gasteiger partial charge in [-0.3, -0.25) is 15.1 Å². The lowest BCUT2D eigenvalue weighted by Gasteiger charge is -2.28.